The zero-order valence-corrected chi connectivity index (χ0v) is 13.0. The molecule has 0 saturated heterocycles. The first-order chi connectivity index (χ1) is 10.7. The molecule has 22 heavy (non-hydrogen) atoms. The third kappa shape index (κ3) is 3.11. The maximum atomic E-state index is 12.5. The third-order valence-electron chi connectivity index (χ3n) is 5.47. The van der Waals surface area contributed by atoms with Crippen molar-refractivity contribution in [2.75, 3.05) is 6.54 Å². The van der Waals surface area contributed by atoms with Crippen LogP contribution in [0.3, 0.4) is 0 Å². The van der Waals surface area contributed by atoms with Gasteiger partial charge in [-0.2, -0.15) is 0 Å². The highest BCUT2D eigenvalue weighted by molar-refractivity contribution is 5.86. The van der Waals surface area contributed by atoms with Gasteiger partial charge in [0.05, 0.1) is 11.8 Å². The van der Waals surface area contributed by atoms with Crippen LogP contribution in [-0.4, -0.2) is 23.5 Å². The maximum Gasteiger partial charge on any atom is 0.307 e. The first-order valence-corrected chi connectivity index (χ1v) is 8.53. The number of amides is 1. The van der Waals surface area contributed by atoms with Crippen LogP contribution in [0, 0.1) is 23.7 Å². The lowest BCUT2D eigenvalue weighted by molar-refractivity contribution is -0.152. The molecule has 2 bridgehead atoms. The topological polar surface area (TPSA) is 66.4 Å². The lowest BCUT2D eigenvalue weighted by Gasteiger charge is -2.41. The van der Waals surface area contributed by atoms with Crippen LogP contribution >= 0.6 is 0 Å². The molecule has 4 rings (SSSR count). The molecule has 1 amide bonds. The van der Waals surface area contributed by atoms with Crippen molar-refractivity contribution in [1.29, 1.82) is 0 Å². The van der Waals surface area contributed by atoms with E-state index in [1.54, 1.807) is 0 Å². The van der Waals surface area contributed by atoms with Crippen molar-refractivity contribution in [3.8, 4) is 0 Å². The van der Waals surface area contributed by atoms with E-state index in [9.17, 15) is 14.7 Å². The van der Waals surface area contributed by atoms with E-state index in [1.807, 2.05) is 6.08 Å². The van der Waals surface area contributed by atoms with Crippen LogP contribution in [0.1, 0.15) is 44.9 Å². The molecule has 4 nitrogen and oxygen atoms in total. The summed E-state index contributed by atoms with van der Waals surface area (Å²) in [6.45, 7) is 0.634. The van der Waals surface area contributed by atoms with Crippen LogP contribution in [0.4, 0.5) is 0 Å². The number of carbonyl (C=O) groups is 2. The largest absolute Gasteiger partial charge is 0.481 e. The molecule has 4 aliphatic rings. The average molecular weight is 303 g/mol. The van der Waals surface area contributed by atoms with Gasteiger partial charge in [0, 0.05) is 6.54 Å². The molecule has 0 aliphatic heterocycles. The van der Waals surface area contributed by atoms with E-state index in [-0.39, 0.29) is 23.7 Å². The van der Waals surface area contributed by atoms with E-state index in [2.05, 4.69) is 17.5 Å². The summed E-state index contributed by atoms with van der Waals surface area (Å²) < 4.78 is 0. The minimum absolute atomic E-state index is 0.0271. The van der Waals surface area contributed by atoms with Gasteiger partial charge in [-0.3, -0.25) is 9.59 Å². The van der Waals surface area contributed by atoms with E-state index < -0.39 is 11.9 Å². The van der Waals surface area contributed by atoms with Gasteiger partial charge in [-0.05, 0) is 56.8 Å². The molecule has 0 spiro atoms. The Morgan fingerprint density at radius 2 is 1.86 bits per heavy atom. The van der Waals surface area contributed by atoms with Crippen LogP contribution in [0.5, 0.6) is 0 Å². The highest BCUT2D eigenvalue weighted by Gasteiger charge is 2.47. The number of carboxylic acid groups (broad SMARTS) is 1. The molecule has 0 unspecified atom stereocenters. The second-order valence-electron chi connectivity index (χ2n) is 6.83. The molecule has 1 saturated carbocycles. The molecule has 4 aliphatic carbocycles. The fraction of sp³-hybridized carbons (Fsp3) is 0.667. The van der Waals surface area contributed by atoms with Gasteiger partial charge >= 0.3 is 5.97 Å². The lowest BCUT2D eigenvalue weighted by Crippen LogP contribution is -2.49. The van der Waals surface area contributed by atoms with Gasteiger partial charge in [0.1, 0.15) is 0 Å². The second-order valence-corrected chi connectivity index (χ2v) is 6.83. The van der Waals surface area contributed by atoms with E-state index in [0.717, 1.165) is 32.1 Å². The Hall–Kier alpha value is -1.58. The first-order valence-electron chi connectivity index (χ1n) is 8.53. The summed E-state index contributed by atoms with van der Waals surface area (Å²) >= 11 is 0. The van der Waals surface area contributed by atoms with E-state index in [0.29, 0.717) is 6.54 Å². The van der Waals surface area contributed by atoms with Crippen LogP contribution in [0.25, 0.3) is 0 Å². The first kappa shape index (κ1) is 15.3. The Morgan fingerprint density at radius 1 is 1.14 bits per heavy atom. The van der Waals surface area contributed by atoms with Crippen molar-refractivity contribution in [2.45, 2.75) is 44.9 Å². The van der Waals surface area contributed by atoms with Gasteiger partial charge in [-0.1, -0.05) is 23.8 Å². The summed E-state index contributed by atoms with van der Waals surface area (Å²) in [5, 5.41) is 12.5. The zero-order valence-electron chi connectivity index (χ0n) is 13.0. The predicted molar refractivity (Wildman–Crippen MR) is 84.1 cm³/mol. The molecule has 0 aromatic carbocycles. The van der Waals surface area contributed by atoms with Crippen molar-refractivity contribution in [3.05, 3.63) is 23.8 Å². The maximum absolute atomic E-state index is 12.5. The molecule has 120 valence electrons. The summed E-state index contributed by atoms with van der Waals surface area (Å²) in [4.78, 5) is 24.1. The fourth-order valence-electron chi connectivity index (χ4n) is 4.28. The summed E-state index contributed by atoms with van der Waals surface area (Å²) in [6.07, 6.45) is 13.9. The smallest absolute Gasteiger partial charge is 0.307 e. The minimum Gasteiger partial charge on any atom is -0.481 e. The molecule has 1 fully saturated rings. The molecule has 0 aromatic heterocycles. The van der Waals surface area contributed by atoms with Crippen LogP contribution < -0.4 is 5.32 Å². The number of carboxylic acids is 1. The number of carbonyl (C=O) groups excluding carboxylic acids is 1. The standard InChI is InChI=1S/C18H25NO3/c20-17(19-11-10-12-4-2-1-3-5-12)15-13-6-8-14(9-7-13)16(15)18(21)22/h4,6,8,13-16H,1-3,5,7,9-11H2,(H,19,20)(H,21,22)/t13-,14+,15-,16-/m0/s1. The quantitative estimate of drug-likeness (QED) is 0.767. The van der Waals surface area contributed by atoms with Gasteiger partial charge in [0.25, 0.3) is 0 Å². The summed E-state index contributed by atoms with van der Waals surface area (Å²) in [5.74, 6) is -1.70. The Kier molecular flexibility index (Phi) is 4.65. The summed E-state index contributed by atoms with van der Waals surface area (Å²) in [6, 6.07) is 0. The van der Waals surface area contributed by atoms with Crippen LogP contribution in [-0.2, 0) is 9.59 Å². The predicted octanol–water partition coefficient (Wildman–Crippen LogP) is 2.91. The van der Waals surface area contributed by atoms with E-state index >= 15 is 0 Å². The molecule has 0 heterocycles. The monoisotopic (exact) mass is 303 g/mol. The molecule has 4 heteroatoms. The number of fused-ring (bicyclic) bond motifs is 2. The Bertz CT molecular complexity index is 508. The fourth-order valence-corrected chi connectivity index (χ4v) is 4.28. The molecule has 2 N–H and O–H groups in total. The van der Waals surface area contributed by atoms with Crippen LogP contribution in [0.2, 0.25) is 0 Å². The average Bonchev–Trinajstić information content (AvgIpc) is 2.55. The van der Waals surface area contributed by atoms with E-state index in [4.69, 9.17) is 0 Å². The van der Waals surface area contributed by atoms with Gasteiger partial charge < -0.3 is 10.4 Å². The number of allylic oxidation sites excluding steroid dienone is 3. The van der Waals surface area contributed by atoms with Crippen molar-refractivity contribution < 1.29 is 14.7 Å². The van der Waals surface area contributed by atoms with Crippen molar-refractivity contribution in [1.82, 2.24) is 5.32 Å². The number of hydrogen-bond donors (Lipinski definition) is 2. The second kappa shape index (κ2) is 6.67. The van der Waals surface area contributed by atoms with Gasteiger partial charge in [-0.15, -0.1) is 0 Å². The Balaban J connectivity index is 1.57. The normalized spacial score (nSPS) is 33.4. The lowest BCUT2D eigenvalue weighted by atomic mass is 9.62. The van der Waals surface area contributed by atoms with Gasteiger partial charge in [-0.25, -0.2) is 0 Å². The molecular weight excluding hydrogens is 278 g/mol. The van der Waals surface area contributed by atoms with E-state index in [1.165, 1.54) is 18.4 Å². The SMILES string of the molecule is O=C(O)[C@@H]1[C@@H](C(=O)NCCC2=CCCCC2)[C@H]2C=C[C@@H]1CC2. The van der Waals surface area contributed by atoms with Crippen molar-refractivity contribution >= 4 is 11.9 Å². The van der Waals surface area contributed by atoms with Crippen LogP contribution in [0.15, 0.2) is 23.8 Å². The molecule has 4 atom stereocenters. The number of rotatable bonds is 5. The number of hydrogen-bond acceptors (Lipinski definition) is 2. The zero-order chi connectivity index (χ0) is 15.5. The van der Waals surface area contributed by atoms with Crippen molar-refractivity contribution in [3.63, 3.8) is 0 Å². The molecule has 0 radical (unpaired) electrons. The molecular formula is C18H25NO3. The Labute approximate surface area is 131 Å². The third-order valence-corrected chi connectivity index (χ3v) is 5.47. The summed E-state index contributed by atoms with van der Waals surface area (Å²) in [7, 11) is 0. The number of nitrogens with one attached hydrogen (secondary N) is 1. The Morgan fingerprint density at radius 3 is 2.45 bits per heavy atom. The highest BCUT2D eigenvalue weighted by Crippen LogP contribution is 2.45. The summed E-state index contributed by atoms with van der Waals surface area (Å²) in [5.41, 5.74) is 1.44. The molecule has 0 aromatic rings. The highest BCUT2D eigenvalue weighted by atomic mass is 16.4. The minimum atomic E-state index is -0.825. The van der Waals surface area contributed by atoms with Gasteiger partial charge in [0.2, 0.25) is 5.91 Å². The van der Waals surface area contributed by atoms with Crippen molar-refractivity contribution in [2.24, 2.45) is 23.7 Å². The number of aliphatic carboxylic acids is 1. The van der Waals surface area contributed by atoms with Gasteiger partial charge in [0.15, 0.2) is 0 Å².